The minimum atomic E-state index is 0.0180. The van der Waals surface area contributed by atoms with Gasteiger partial charge in [0.25, 0.3) is 0 Å². The second kappa shape index (κ2) is 7.88. The van der Waals surface area contributed by atoms with Crippen molar-refractivity contribution in [1.29, 1.82) is 0 Å². The minimum Gasteiger partial charge on any atom is -0.493 e. The number of benzene rings is 1. The molecule has 1 fully saturated rings. The molecule has 0 atom stereocenters. The Bertz CT molecular complexity index is 473. The fraction of sp³-hybridized carbons (Fsp3) is 0.562. The molecule has 0 spiro atoms. The molecule has 5 nitrogen and oxygen atoms in total. The summed E-state index contributed by atoms with van der Waals surface area (Å²) in [5.74, 6) is 2.22. The fourth-order valence-electron chi connectivity index (χ4n) is 2.07. The van der Waals surface area contributed by atoms with Crippen LogP contribution in [0.4, 0.5) is 0 Å². The highest BCUT2D eigenvalue weighted by molar-refractivity contribution is 5.78. The first-order valence-corrected chi connectivity index (χ1v) is 7.50. The van der Waals surface area contributed by atoms with Crippen LogP contribution in [0.1, 0.15) is 25.3 Å². The third-order valence-electron chi connectivity index (χ3n) is 3.43. The lowest BCUT2D eigenvalue weighted by atomic mass is 10.2. The monoisotopic (exact) mass is 292 g/mol. The summed E-state index contributed by atoms with van der Waals surface area (Å²) >= 11 is 0. The van der Waals surface area contributed by atoms with Gasteiger partial charge in [0.1, 0.15) is 0 Å². The lowest BCUT2D eigenvalue weighted by Gasteiger charge is -2.12. The van der Waals surface area contributed by atoms with E-state index < -0.39 is 0 Å². The van der Waals surface area contributed by atoms with E-state index in [1.807, 2.05) is 25.1 Å². The van der Waals surface area contributed by atoms with Crippen LogP contribution in [0.25, 0.3) is 0 Å². The number of hydrogen-bond donors (Lipinski definition) is 2. The molecule has 5 heteroatoms. The van der Waals surface area contributed by atoms with Gasteiger partial charge in [-0.15, -0.1) is 0 Å². The van der Waals surface area contributed by atoms with Gasteiger partial charge in [0.05, 0.1) is 20.3 Å². The molecule has 0 unspecified atom stereocenters. The number of hydrogen-bond acceptors (Lipinski definition) is 4. The summed E-state index contributed by atoms with van der Waals surface area (Å²) < 4.78 is 10.8. The van der Waals surface area contributed by atoms with Crippen molar-refractivity contribution in [3.8, 4) is 11.5 Å². The minimum absolute atomic E-state index is 0.0180. The largest absolute Gasteiger partial charge is 0.493 e. The van der Waals surface area contributed by atoms with Gasteiger partial charge in [-0.2, -0.15) is 0 Å². The molecule has 0 radical (unpaired) electrons. The molecule has 0 bridgehead atoms. The molecule has 0 heterocycles. The maximum atomic E-state index is 11.7. The molecule has 1 aromatic rings. The molecule has 2 N–H and O–H groups in total. The molecule has 0 aliphatic heterocycles. The summed E-state index contributed by atoms with van der Waals surface area (Å²) in [6.45, 7) is 4.33. The standard InChI is InChI=1S/C16H24N2O3/c1-3-21-15-8-13(6-7-14(15)20-2)10-18-16(19)11-17-9-12-4-5-12/h6-8,12,17H,3-5,9-11H2,1-2H3,(H,18,19). The van der Waals surface area contributed by atoms with Crippen molar-refractivity contribution in [3.63, 3.8) is 0 Å². The maximum Gasteiger partial charge on any atom is 0.234 e. The number of carbonyl (C=O) groups is 1. The number of methoxy groups -OCH3 is 1. The zero-order chi connectivity index (χ0) is 15.1. The Hall–Kier alpha value is -1.75. The molecule has 1 amide bonds. The molecule has 1 aliphatic rings. The number of nitrogens with one attached hydrogen (secondary N) is 2. The van der Waals surface area contributed by atoms with E-state index >= 15 is 0 Å². The predicted molar refractivity (Wildman–Crippen MR) is 81.6 cm³/mol. The Kier molecular flexibility index (Phi) is 5.87. The van der Waals surface area contributed by atoms with Crippen LogP contribution >= 0.6 is 0 Å². The molecular formula is C16H24N2O3. The van der Waals surface area contributed by atoms with Gasteiger partial charge in [-0.3, -0.25) is 4.79 Å². The summed E-state index contributed by atoms with van der Waals surface area (Å²) in [6.07, 6.45) is 2.58. The topological polar surface area (TPSA) is 59.6 Å². The van der Waals surface area contributed by atoms with Crippen molar-refractivity contribution in [2.24, 2.45) is 5.92 Å². The Morgan fingerprint density at radius 2 is 2.14 bits per heavy atom. The zero-order valence-corrected chi connectivity index (χ0v) is 12.8. The van der Waals surface area contributed by atoms with Gasteiger partial charge in [0.15, 0.2) is 11.5 Å². The lowest BCUT2D eigenvalue weighted by molar-refractivity contribution is -0.120. The Labute approximate surface area is 126 Å². The average Bonchev–Trinajstić information content (AvgIpc) is 3.30. The highest BCUT2D eigenvalue weighted by Gasteiger charge is 2.20. The first kappa shape index (κ1) is 15.6. The van der Waals surface area contributed by atoms with Crippen molar-refractivity contribution in [3.05, 3.63) is 23.8 Å². The van der Waals surface area contributed by atoms with Crippen molar-refractivity contribution in [2.75, 3.05) is 26.8 Å². The summed E-state index contributed by atoms with van der Waals surface area (Å²) in [4.78, 5) is 11.7. The van der Waals surface area contributed by atoms with E-state index in [9.17, 15) is 4.79 Å². The predicted octanol–water partition coefficient (Wildman–Crippen LogP) is 1.71. The van der Waals surface area contributed by atoms with Crippen LogP contribution in [0.5, 0.6) is 11.5 Å². The van der Waals surface area contributed by atoms with Crippen molar-refractivity contribution >= 4 is 5.91 Å². The summed E-state index contributed by atoms with van der Waals surface area (Å²) in [6, 6.07) is 5.69. The average molecular weight is 292 g/mol. The van der Waals surface area contributed by atoms with E-state index in [0.717, 1.165) is 18.0 Å². The first-order chi connectivity index (χ1) is 10.2. The second-order valence-corrected chi connectivity index (χ2v) is 5.27. The zero-order valence-electron chi connectivity index (χ0n) is 12.8. The van der Waals surface area contributed by atoms with E-state index in [4.69, 9.17) is 9.47 Å². The van der Waals surface area contributed by atoms with Gasteiger partial charge in [-0.1, -0.05) is 6.07 Å². The van der Waals surface area contributed by atoms with Crippen LogP contribution in [0.3, 0.4) is 0 Å². The summed E-state index contributed by atoms with van der Waals surface area (Å²) in [5.41, 5.74) is 0.995. The van der Waals surface area contributed by atoms with Crippen molar-refractivity contribution in [1.82, 2.24) is 10.6 Å². The van der Waals surface area contributed by atoms with Crippen molar-refractivity contribution < 1.29 is 14.3 Å². The summed E-state index contributed by atoms with van der Waals surface area (Å²) in [5, 5.41) is 6.08. The van der Waals surface area contributed by atoms with Gasteiger partial charge in [0, 0.05) is 6.54 Å². The second-order valence-electron chi connectivity index (χ2n) is 5.27. The molecular weight excluding hydrogens is 268 g/mol. The van der Waals surface area contributed by atoms with Crippen LogP contribution in [-0.4, -0.2) is 32.7 Å². The Morgan fingerprint density at radius 3 is 2.81 bits per heavy atom. The van der Waals surface area contributed by atoms with Crippen LogP contribution in [0.15, 0.2) is 18.2 Å². The number of rotatable bonds is 9. The van der Waals surface area contributed by atoms with Crippen LogP contribution in [0.2, 0.25) is 0 Å². The van der Waals surface area contributed by atoms with E-state index in [0.29, 0.717) is 31.2 Å². The van der Waals surface area contributed by atoms with Crippen LogP contribution < -0.4 is 20.1 Å². The maximum absolute atomic E-state index is 11.7. The highest BCUT2D eigenvalue weighted by Crippen LogP contribution is 2.28. The molecule has 21 heavy (non-hydrogen) atoms. The van der Waals surface area contributed by atoms with Gasteiger partial charge in [0.2, 0.25) is 5.91 Å². The van der Waals surface area contributed by atoms with Gasteiger partial charge < -0.3 is 20.1 Å². The van der Waals surface area contributed by atoms with Gasteiger partial charge >= 0.3 is 0 Å². The summed E-state index contributed by atoms with van der Waals surface area (Å²) in [7, 11) is 1.62. The van der Waals surface area contributed by atoms with E-state index in [-0.39, 0.29) is 5.91 Å². The van der Waals surface area contributed by atoms with E-state index in [1.165, 1.54) is 12.8 Å². The quantitative estimate of drug-likeness (QED) is 0.727. The smallest absolute Gasteiger partial charge is 0.234 e. The highest BCUT2D eigenvalue weighted by atomic mass is 16.5. The van der Waals surface area contributed by atoms with Gasteiger partial charge in [-0.05, 0) is 49.9 Å². The normalized spacial score (nSPS) is 13.8. The van der Waals surface area contributed by atoms with E-state index in [2.05, 4.69) is 10.6 Å². The number of amides is 1. The molecule has 0 aromatic heterocycles. The molecule has 2 rings (SSSR count). The molecule has 0 saturated heterocycles. The third-order valence-corrected chi connectivity index (χ3v) is 3.43. The number of carbonyl (C=O) groups excluding carboxylic acids is 1. The van der Waals surface area contributed by atoms with Crippen LogP contribution in [-0.2, 0) is 11.3 Å². The van der Waals surface area contributed by atoms with E-state index in [1.54, 1.807) is 7.11 Å². The molecule has 1 saturated carbocycles. The first-order valence-electron chi connectivity index (χ1n) is 7.50. The third kappa shape index (κ3) is 5.27. The van der Waals surface area contributed by atoms with Crippen LogP contribution in [0, 0.1) is 5.92 Å². The Balaban J connectivity index is 1.78. The van der Waals surface area contributed by atoms with Crippen molar-refractivity contribution in [2.45, 2.75) is 26.3 Å². The van der Waals surface area contributed by atoms with Gasteiger partial charge in [-0.25, -0.2) is 0 Å². The lowest BCUT2D eigenvalue weighted by Crippen LogP contribution is -2.34. The number of ether oxygens (including phenoxy) is 2. The SMILES string of the molecule is CCOc1cc(CNC(=O)CNCC2CC2)ccc1OC. The fourth-order valence-corrected chi connectivity index (χ4v) is 2.07. The molecule has 1 aliphatic carbocycles. The molecule has 116 valence electrons. The molecule has 1 aromatic carbocycles. The Morgan fingerprint density at radius 1 is 1.33 bits per heavy atom.